The lowest BCUT2D eigenvalue weighted by Gasteiger charge is -2.08. The zero-order chi connectivity index (χ0) is 14.2. The Balaban J connectivity index is 2.88. The third kappa shape index (κ3) is 1.93. The van der Waals surface area contributed by atoms with Crippen LogP contribution >= 0.6 is 0 Å². The van der Waals surface area contributed by atoms with Gasteiger partial charge in [-0.15, -0.1) is 0 Å². The normalized spacial score (nSPS) is 11.3. The first kappa shape index (κ1) is 13.3. The Morgan fingerprint density at radius 3 is 2.58 bits per heavy atom. The maximum atomic E-state index is 12.2. The Morgan fingerprint density at radius 1 is 1.32 bits per heavy atom. The van der Waals surface area contributed by atoms with Crippen LogP contribution in [-0.2, 0) is 24.9 Å². The van der Waals surface area contributed by atoms with Crippen LogP contribution in [0.1, 0.15) is 6.92 Å². The van der Waals surface area contributed by atoms with Crippen molar-refractivity contribution in [1.29, 1.82) is 0 Å². The van der Waals surface area contributed by atoms with Crippen molar-refractivity contribution in [3.05, 3.63) is 20.8 Å². The first-order chi connectivity index (χ1) is 9.02. The van der Waals surface area contributed by atoms with Crippen LogP contribution in [0.15, 0.2) is 9.59 Å². The van der Waals surface area contributed by atoms with Crippen molar-refractivity contribution in [2.45, 2.75) is 20.0 Å². The Kier molecular flexibility index (Phi) is 3.43. The summed E-state index contributed by atoms with van der Waals surface area (Å²) in [6, 6.07) is 0. The van der Waals surface area contributed by atoms with E-state index < -0.39 is 5.69 Å². The molecular weight excluding hydrogens is 250 g/mol. The second-order valence-corrected chi connectivity index (χ2v) is 4.18. The van der Waals surface area contributed by atoms with E-state index >= 15 is 0 Å². The molecule has 0 bridgehead atoms. The van der Waals surface area contributed by atoms with E-state index in [1.54, 1.807) is 11.7 Å². The molecule has 0 aliphatic heterocycles. The number of methoxy groups -OCH3 is 1. The molecule has 0 atom stereocenters. The molecule has 0 radical (unpaired) electrons. The van der Waals surface area contributed by atoms with E-state index in [4.69, 9.17) is 10.5 Å². The molecule has 19 heavy (non-hydrogen) atoms. The first-order valence-corrected chi connectivity index (χ1v) is 5.97. The highest BCUT2D eigenvalue weighted by Crippen LogP contribution is 2.12. The van der Waals surface area contributed by atoms with E-state index in [2.05, 4.69) is 4.98 Å². The van der Waals surface area contributed by atoms with Crippen LogP contribution in [-0.4, -0.2) is 32.4 Å². The zero-order valence-electron chi connectivity index (χ0n) is 11.2. The van der Waals surface area contributed by atoms with Crippen molar-refractivity contribution < 1.29 is 4.74 Å². The predicted octanol–water partition coefficient (Wildman–Crippen LogP) is -0.855. The molecule has 0 aromatic carbocycles. The maximum absolute atomic E-state index is 12.2. The number of aromatic nitrogens is 4. The molecule has 0 saturated heterocycles. The summed E-state index contributed by atoms with van der Waals surface area (Å²) in [7, 11) is 2.99. The van der Waals surface area contributed by atoms with Crippen molar-refractivity contribution in [1.82, 2.24) is 18.7 Å². The number of aryl methyl sites for hydroxylation is 1. The lowest BCUT2D eigenvalue weighted by atomic mass is 10.4. The molecule has 2 aromatic rings. The molecule has 8 nitrogen and oxygen atoms in total. The largest absolute Gasteiger partial charge is 0.383 e. The van der Waals surface area contributed by atoms with Crippen LogP contribution in [0.5, 0.6) is 0 Å². The second-order valence-electron chi connectivity index (χ2n) is 4.18. The van der Waals surface area contributed by atoms with Gasteiger partial charge in [0.05, 0.1) is 13.2 Å². The fourth-order valence-corrected chi connectivity index (χ4v) is 2.08. The molecule has 2 rings (SSSR count). The third-order valence-electron chi connectivity index (χ3n) is 3.09. The van der Waals surface area contributed by atoms with E-state index in [1.165, 1.54) is 11.6 Å². The summed E-state index contributed by atoms with van der Waals surface area (Å²) < 4.78 is 9.03. The van der Waals surface area contributed by atoms with Crippen LogP contribution in [0.3, 0.4) is 0 Å². The highest BCUT2D eigenvalue weighted by molar-refractivity contribution is 5.73. The van der Waals surface area contributed by atoms with Crippen molar-refractivity contribution in [2.24, 2.45) is 7.05 Å². The molecule has 0 spiro atoms. The first-order valence-electron chi connectivity index (χ1n) is 5.97. The molecule has 0 fully saturated rings. The molecule has 0 aliphatic rings. The van der Waals surface area contributed by atoms with Crippen LogP contribution < -0.4 is 17.0 Å². The van der Waals surface area contributed by atoms with E-state index in [1.807, 2.05) is 6.92 Å². The molecule has 0 saturated carbocycles. The number of anilines is 1. The smallest absolute Gasteiger partial charge is 0.332 e. The number of nitrogens with zero attached hydrogens (tertiary/aromatic N) is 4. The number of rotatable bonds is 4. The lowest BCUT2D eigenvalue weighted by molar-refractivity contribution is 0.186. The van der Waals surface area contributed by atoms with Gasteiger partial charge in [-0.05, 0) is 6.92 Å². The van der Waals surface area contributed by atoms with Gasteiger partial charge in [0.2, 0.25) is 5.95 Å². The monoisotopic (exact) mass is 267 g/mol. The summed E-state index contributed by atoms with van der Waals surface area (Å²) in [5.41, 5.74) is 5.63. The predicted molar refractivity (Wildman–Crippen MR) is 71.2 cm³/mol. The summed E-state index contributed by atoms with van der Waals surface area (Å²) >= 11 is 0. The van der Waals surface area contributed by atoms with Gasteiger partial charge in [0.25, 0.3) is 5.56 Å². The molecule has 0 unspecified atom stereocenters. The third-order valence-corrected chi connectivity index (χ3v) is 3.09. The minimum atomic E-state index is -0.421. The highest BCUT2D eigenvalue weighted by Gasteiger charge is 2.18. The molecular formula is C11H17N5O3. The van der Waals surface area contributed by atoms with E-state index in [-0.39, 0.29) is 11.5 Å². The second kappa shape index (κ2) is 4.88. The number of imidazole rings is 1. The Bertz CT molecular complexity index is 724. The highest BCUT2D eigenvalue weighted by atomic mass is 16.5. The van der Waals surface area contributed by atoms with Crippen molar-refractivity contribution in [3.8, 4) is 0 Å². The minimum Gasteiger partial charge on any atom is -0.383 e. The number of hydrogen-bond acceptors (Lipinski definition) is 5. The molecule has 2 N–H and O–H groups in total. The standard InChI is InChI=1S/C11H17N5O3/c1-4-15-7-8(13-10(15)12)16(5-6-19-3)11(18)14(2)9(7)17/h4-6H2,1-3H3,(H2,12,13). The van der Waals surface area contributed by atoms with Crippen LogP contribution in [0.2, 0.25) is 0 Å². The number of ether oxygens (including phenoxy) is 1. The van der Waals surface area contributed by atoms with Crippen molar-refractivity contribution >= 4 is 17.1 Å². The van der Waals surface area contributed by atoms with Gasteiger partial charge >= 0.3 is 5.69 Å². The molecule has 8 heteroatoms. The lowest BCUT2D eigenvalue weighted by Crippen LogP contribution is -2.39. The number of nitrogen functional groups attached to an aromatic ring is 1. The van der Waals surface area contributed by atoms with Gasteiger partial charge in [-0.3, -0.25) is 13.9 Å². The molecule has 0 amide bonds. The fourth-order valence-electron chi connectivity index (χ4n) is 2.08. The van der Waals surface area contributed by atoms with Gasteiger partial charge in [0.15, 0.2) is 11.2 Å². The Hall–Kier alpha value is -2.09. The van der Waals surface area contributed by atoms with E-state index in [0.717, 1.165) is 4.57 Å². The summed E-state index contributed by atoms with van der Waals surface area (Å²) in [5.74, 6) is 0.228. The number of fused-ring (bicyclic) bond motifs is 1. The number of hydrogen-bond donors (Lipinski definition) is 1. The van der Waals surface area contributed by atoms with Gasteiger partial charge in [-0.1, -0.05) is 0 Å². The van der Waals surface area contributed by atoms with E-state index in [0.29, 0.717) is 30.9 Å². The maximum Gasteiger partial charge on any atom is 0.332 e. The van der Waals surface area contributed by atoms with Crippen LogP contribution in [0.4, 0.5) is 5.95 Å². The van der Waals surface area contributed by atoms with Crippen LogP contribution in [0, 0.1) is 0 Å². The average Bonchev–Trinajstić information content (AvgIpc) is 2.72. The molecule has 0 aliphatic carbocycles. The molecule has 2 heterocycles. The van der Waals surface area contributed by atoms with Gasteiger partial charge in [-0.25, -0.2) is 4.79 Å². The topological polar surface area (TPSA) is 97.1 Å². The van der Waals surface area contributed by atoms with Crippen molar-refractivity contribution in [3.63, 3.8) is 0 Å². The minimum absolute atomic E-state index is 0.228. The Labute approximate surface area is 109 Å². The quantitative estimate of drug-likeness (QED) is 0.778. The average molecular weight is 267 g/mol. The summed E-state index contributed by atoms with van der Waals surface area (Å²) in [5, 5.41) is 0. The van der Waals surface area contributed by atoms with Crippen molar-refractivity contribution in [2.75, 3.05) is 19.5 Å². The van der Waals surface area contributed by atoms with Gasteiger partial charge < -0.3 is 15.0 Å². The SMILES string of the molecule is CCn1c(N)nc2c1c(=O)n(C)c(=O)n2CCOC. The summed E-state index contributed by atoms with van der Waals surface area (Å²) in [6.07, 6.45) is 0. The van der Waals surface area contributed by atoms with Gasteiger partial charge in [0, 0.05) is 20.7 Å². The fraction of sp³-hybridized carbons (Fsp3) is 0.545. The summed E-state index contributed by atoms with van der Waals surface area (Å²) in [6.45, 7) is 3.05. The van der Waals surface area contributed by atoms with Gasteiger partial charge in [-0.2, -0.15) is 4.98 Å². The zero-order valence-corrected chi connectivity index (χ0v) is 11.2. The summed E-state index contributed by atoms with van der Waals surface area (Å²) in [4.78, 5) is 28.4. The number of nitrogens with two attached hydrogens (primary N) is 1. The van der Waals surface area contributed by atoms with Crippen LogP contribution in [0.25, 0.3) is 11.2 Å². The molecule has 2 aromatic heterocycles. The van der Waals surface area contributed by atoms with E-state index in [9.17, 15) is 9.59 Å². The Morgan fingerprint density at radius 2 is 2.00 bits per heavy atom. The molecule has 104 valence electrons. The van der Waals surface area contributed by atoms with Gasteiger partial charge in [0.1, 0.15) is 0 Å².